The minimum Gasteiger partial charge on any atom is -0.497 e. The smallest absolute Gasteiger partial charge is 0.280 e. The zero-order valence-corrected chi connectivity index (χ0v) is 19.8. The molecule has 0 fully saturated rings. The molecule has 1 heterocycles. The number of rotatable bonds is 8. The van der Waals surface area contributed by atoms with Crippen molar-refractivity contribution >= 4 is 50.3 Å². The van der Waals surface area contributed by atoms with Crippen molar-refractivity contribution in [1.82, 2.24) is 4.83 Å². The van der Waals surface area contributed by atoms with Crippen LogP contribution in [0.2, 0.25) is 4.34 Å². The number of methoxy groups -OCH3 is 2. The molecule has 0 saturated heterocycles. The molecule has 32 heavy (non-hydrogen) atoms. The molecule has 1 amide bonds. The average molecular weight is 494 g/mol. The highest BCUT2D eigenvalue weighted by Crippen LogP contribution is 2.28. The minimum atomic E-state index is -3.97. The SMILES string of the molecule is COc1ccc(S(=O)(=O)N/N=C(\C)c2ccc(NC(=O)c3ccc(Cl)s3)cc2)c(OC)c1. The number of halogens is 1. The molecule has 1 aromatic heterocycles. The average Bonchev–Trinajstić information content (AvgIpc) is 3.24. The van der Waals surface area contributed by atoms with Crippen LogP contribution in [-0.2, 0) is 10.0 Å². The van der Waals surface area contributed by atoms with Gasteiger partial charge in [0.25, 0.3) is 15.9 Å². The summed E-state index contributed by atoms with van der Waals surface area (Å²) in [6.45, 7) is 1.66. The van der Waals surface area contributed by atoms with E-state index in [1.165, 1.54) is 43.8 Å². The summed E-state index contributed by atoms with van der Waals surface area (Å²) in [5.74, 6) is 0.341. The van der Waals surface area contributed by atoms with Gasteiger partial charge in [0.05, 0.1) is 29.1 Å². The quantitative estimate of drug-likeness (QED) is 0.358. The van der Waals surface area contributed by atoms with Crippen LogP contribution in [0.1, 0.15) is 22.2 Å². The number of ether oxygens (including phenoxy) is 2. The molecular formula is C21H20ClN3O5S2. The van der Waals surface area contributed by atoms with Crippen LogP contribution in [0.5, 0.6) is 11.5 Å². The van der Waals surface area contributed by atoms with Crippen molar-refractivity contribution in [1.29, 1.82) is 0 Å². The standard InChI is InChI=1S/C21H20ClN3O5S2/c1-13(24-25-32(27,28)19-10-8-16(29-2)12-17(19)30-3)14-4-6-15(7-5-14)23-21(26)18-9-11-20(22)31-18/h4-12,25H,1-3H3,(H,23,26)/b24-13+. The zero-order chi connectivity index (χ0) is 23.3. The largest absolute Gasteiger partial charge is 0.497 e. The van der Waals surface area contributed by atoms with E-state index < -0.39 is 10.0 Å². The van der Waals surface area contributed by atoms with Crippen LogP contribution >= 0.6 is 22.9 Å². The van der Waals surface area contributed by atoms with E-state index in [0.29, 0.717) is 31.9 Å². The van der Waals surface area contributed by atoms with E-state index in [9.17, 15) is 13.2 Å². The van der Waals surface area contributed by atoms with Crippen molar-refractivity contribution in [3.63, 3.8) is 0 Å². The number of sulfonamides is 1. The van der Waals surface area contributed by atoms with Crippen LogP contribution in [0.15, 0.2) is 64.6 Å². The molecule has 11 heteroatoms. The van der Waals surface area contributed by atoms with Gasteiger partial charge in [0.1, 0.15) is 16.4 Å². The van der Waals surface area contributed by atoms with Gasteiger partial charge in [0.2, 0.25) is 0 Å². The number of hydrogen-bond acceptors (Lipinski definition) is 7. The molecule has 0 aliphatic carbocycles. The second-order valence-electron chi connectivity index (χ2n) is 6.44. The maximum Gasteiger partial charge on any atom is 0.280 e. The molecule has 0 radical (unpaired) electrons. The molecule has 0 spiro atoms. The maximum absolute atomic E-state index is 12.7. The zero-order valence-electron chi connectivity index (χ0n) is 17.4. The summed E-state index contributed by atoms with van der Waals surface area (Å²) in [6, 6.07) is 14.5. The lowest BCUT2D eigenvalue weighted by Crippen LogP contribution is -2.20. The lowest BCUT2D eigenvalue weighted by atomic mass is 10.1. The Kier molecular flexibility index (Phi) is 7.39. The van der Waals surface area contributed by atoms with Gasteiger partial charge in [0.15, 0.2) is 0 Å². The summed E-state index contributed by atoms with van der Waals surface area (Å²) >= 11 is 7.05. The van der Waals surface area contributed by atoms with Gasteiger partial charge in [0, 0.05) is 11.8 Å². The van der Waals surface area contributed by atoms with Crippen molar-refractivity contribution in [3.8, 4) is 11.5 Å². The van der Waals surface area contributed by atoms with E-state index in [4.69, 9.17) is 21.1 Å². The molecule has 0 aliphatic rings. The van der Waals surface area contributed by atoms with Crippen LogP contribution in [0, 0.1) is 0 Å². The van der Waals surface area contributed by atoms with Crippen LogP contribution in [-0.4, -0.2) is 34.3 Å². The van der Waals surface area contributed by atoms with Crippen LogP contribution in [0.3, 0.4) is 0 Å². The van der Waals surface area contributed by atoms with Gasteiger partial charge in [-0.3, -0.25) is 4.79 Å². The Labute approximate surface area is 194 Å². The molecule has 168 valence electrons. The molecule has 0 atom stereocenters. The summed E-state index contributed by atoms with van der Waals surface area (Å²) in [5.41, 5.74) is 1.69. The van der Waals surface area contributed by atoms with Gasteiger partial charge in [-0.1, -0.05) is 23.7 Å². The molecule has 0 bridgehead atoms. The van der Waals surface area contributed by atoms with Gasteiger partial charge in [-0.05, 0) is 48.9 Å². The highest BCUT2D eigenvalue weighted by Gasteiger charge is 2.20. The molecule has 0 aliphatic heterocycles. The number of nitrogens with one attached hydrogen (secondary N) is 2. The molecule has 8 nitrogen and oxygen atoms in total. The lowest BCUT2D eigenvalue weighted by Gasteiger charge is -2.11. The molecule has 2 aromatic carbocycles. The first-order valence-electron chi connectivity index (χ1n) is 9.18. The molecule has 3 aromatic rings. The third-order valence-electron chi connectivity index (χ3n) is 4.35. The fraction of sp³-hybridized carbons (Fsp3) is 0.143. The summed E-state index contributed by atoms with van der Waals surface area (Å²) in [4.78, 5) is 14.9. The molecule has 3 rings (SSSR count). The summed E-state index contributed by atoms with van der Waals surface area (Å²) in [6.07, 6.45) is 0. The van der Waals surface area contributed by atoms with Crippen molar-refractivity contribution in [2.45, 2.75) is 11.8 Å². The summed E-state index contributed by atoms with van der Waals surface area (Å²) in [7, 11) is -1.12. The number of nitrogens with zero attached hydrogens (tertiary/aromatic N) is 1. The fourth-order valence-corrected chi connectivity index (χ4v) is 4.61. The van der Waals surface area contributed by atoms with E-state index in [1.54, 1.807) is 43.3 Å². The number of anilines is 1. The molecule has 2 N–H and O–H groups in total. The van der Waals surface area contributed by atoms with Gasteiger partial charge in [-0.15, -0.1) is 11.3 Å². The number of amides is 1. The predicted octanol–water partition coefficient (Wildman–Crippen LogP) is 4.37. The maximum atomic E-state index is 12.7. The molecule has 0 unspecified atom stereocenters. The fourth-order valence-electron chi connectivity index (χ4n) is 2.66. The second kappa shape index (κ2) is 10.0. The first-order chi connectivity index (χ1) is 15.2. The van der Waals surface area contributed by atoms with Gasteiger partial charge < -0.3 is 14.8 Å². The van der Waals surface area contributed by atoms with Gasteiger partial charge in [-0.2, -0.15) is 18.4 Å². The van der Waals surface area contributed by atoms with Crippen molar-refractivity contribution in [2.75, 3.05) is 19.5 Å². The Balaban J connectivity index is 1.71. The van der Waals surface area contributed by atoms with Crippen molar-refractivity contribution < 1.29 is 22.7 Å². The first-order valence-corrected chi connectivity index (χ1v) is 11.9. The predicted molar refractivity (Wildman–Crippen MR) is 126 cm³/mol. The Morgan fingerprint density at radius 3 is 2.34 bits per heavy atom. The number of hydrogen-bond donors (Lipinski definition) is 2. The van der Waals surface area contributed by atoms with E-state index in [0.717, 1.165) is 0 Å². The summed E-state index contributed by atoms with van der Waals surface area (Å²) in [5, 5.41) is 6.77. The van der Waals surface area contributed by atoms with E-state index in [2.05, 4.69) is 15.2 Å². The van der Waals surface area contributed by atoms with Crippen molar-refractivity contribution in [2.24, 2.45) is 5.10 Å². The van der Waals surface area contributed by atoms with Gasteiger partial charge >= 0.3 is 0 Å². The third-order valence-corrected chi connectivity index (χ3v) is 6.83. The normalized spacial score (nSPS) is 11.7. The van der Waals surface area contributed by atoms with E-state index in [1.807, 2.05) is 0 Å². The minimum absolute atomic E-state index is 0.0657. The lowest BCUT2D eigenvalue weighted by molar-refractivity contribution is 0.103. The van der Waals surface area contributed by atoms with E-state index in [-0.39, 0.29) is 16.6 Å². The topological polar surface area (TPSA) is 106 Å². The number of benzene rings is 2. The van der Waals surface area contributed by atoms with Gasteiger partial charge in [-0.25, -0.2) is 0 Å². The van der Waals surface area contributed by atoms with Crippen LogP contribution in [0.4, 0.5) is 5.69 Å². The van der Waals surface area contributed by atoms with E-state index >= 15 is 0 Å². The highest BCUT2D eigenvalue weighted by atomic mass is 35.5. The second-order valence-corrected chi connectivity index (χ2v) is 9.79. The molecule has 0 saturated carbocycles. The number of thiophene rings is 1. The Hall–Kier alpha value is -3.08. The monoisotopic (exact) mass is 493 g/mol. The van der Waals surface area contributed by atoms with Crippen LogP contribution in [0.25, 0.3) is 0 Å². The third kappa shape index (κ3) is 5.58. The Morgan fingerprint density at radius 1 is 1.03 bits per heavy atom. The Bertz CT molecular complexity index is 1250. The van der Waals surface area contributed by atoms with Crippen LogP contribution < -0.4 is 19.6 Å². The summed E-state index contributed by atoms with van der Waals surface area (Å²) < 4.78 is 36.1. The molecular weight excluding hydrogens is 474 g/mol. The number of hydrazone groups is 1. The first kappa shape index (κ1) is 23.6. The van der Waals surface area contributed by atoms with Crippen molar-refractivity contribution in [3.05, 3.63) is 69.4 Å². The highest BCUT2D eigenvalue weighted by molar-refractivity contribution is 7.89. The number of carbonyl (C=O) groups is 1. The Morgan fingerprint density at radius 2 is 1.75 bits per heavy atom. The number of carbonyl (C=O) groups excluding carboxylic acids is 1.